The first-order valence-electron chi connectivity index (χ1n) is 15.6. The average Bonchev–Trinajstić information content (AvgIpc) is 3.57. The van der Waals surface area contributed by atoms with Gasteiger partial charge in [0.2, 0.25) is 0 Å². The van der Waals surface area contributed by atoms with E-state index in [-0.39, 0.29) is 5.41 Å². The van der Waals surface area contributed by atoms with Gasteiger partial charge < -0.3 is 4.90 Å². The van der Waals surface area contributed by atoms with E-state index in [1.807, 2.05) is 11.3 Å². The van der Waals surface area contributed by atoms with Crippen LogP contribution < -0.4 is 4.90 Å². The number of rotatable bonds is 4. The molecule has 0 bridgehead atoms. The fourth-order valence-corrected chi connectivity index (χ4v) is 8.55. The highest BCUT2D eigenvalue weighted by Crippen LogP contribution is 2.52. The van der Waals surface area contributed by atoms with Gasteiger partial charge >= 0.3 is 0 Å². The smallest absolute Gasteiger partial charge is 0.0546 e. The highest BCUT2D eigenvalue weighted by molar-refractivity contribution is 7.25. The summed E-state index contributed by atoms with van der Waals surface area (Å²) in [4.78, 5) is 2.49. The van der Waals surface area contributed by atoms with Gasteiger partial charge in [0.15, 0.2) is 0 Å². The maximum atomic E-state index is 2.49. The molecule has 0 radical (unpaired) electrons. The largest absolute Gasteiger partial charge is 0.310 e. The molecule has 9 rings (SSSR count). The zero-order chi connectivity index (χ0) is 30.1. The third-order valence-corrected chi connectivity index (χ3v) is 10.8. The van der Waals surface area contributed by atoms with Crippen LogP contribution >= 0.6 is 11.3 Å². The van der Waals surface area contributed by atoms with Gasteiger partial charge in [-0.2, -0.15) is 0 Å². The van der Waals surface area contributed by atoms with Gasteiger partial charge in [0, 0.05) is 42.5 Å². The Kier molecular flexibility index (Phi) is 5.78. The molecule has 8 aromatic rings. The van der Waals surface area contributed by atoms with Gasteiger partial charge in [-0.3, -0.25) is 0 Å². The summed E-state index contributed by atoms with van der Waals surface area (Å²) in [6, 6.07) is 56.0. The van der Waals surface area contributed by atoms with Crippen LogP contribution in [-0.4, -0.2) is 0 Å². The first kappa shape index (κ1) is 26.2. The molecule has 1 aromatic heterocycles. The number of fused-ring (bicyclic) bond motifs is 7. The first-order chi connectivity index (χ1) is 22.1. The van der Waals surface area contributed by atoms with Crippen LogP contribution in [0.25, 0.3) is 53.2 Å². The lowest BCUT2D eigenvalue weighted by Gasteiger charge is -2.30. The molecule has 7 aromatic carbocycles. The lowest BCUT2D eigenvalue weighted by Crippen LogP contribution is -2.17. The predicted octanol–water partition coefficient (Wildman–Crippen LogP) is 12.7. The van der Waals surface area contributed by atoms with Crippen LogP contribution in [0.4, 0.5) is 17.1 Å². The maximum absolute atomic E-state index is 2.49. The number of hydrogen-bond acceptors (Lipinski definition) is 2. The highest BCUT2D eigenvalue weighted by atomic mass is 32.1. The Morgan fingerprint density at radius 2 is 1.16 bits per heavy atom. The summed E-state index contributed by atoms with van der Waals surface area (Å²) in [6.45, 7) is 4.72. The molecule has 1 nitrogen and oxygen atoms in total. The summed E-state index contributed by atoms with van der Waals surface area (Å²) in [6.07, 6.45) is 0. The molecule has 45 heavy (non-hydrogen) atoms. The SMILES string of the molecule is CC1(C)c2ccccc2-c2ccc(N(c3ccc4sc5ccccc5c4c3)c3ccc4ccccc4c3-c3ccccc3)cc21. The third kappa shape index (κ3) is 3.99. The standard InChI is InChI=1S/C43H31NS/c1-43(2)37-18-10-8-16-33(37)34-23-21-31(27-38(34)43)44(30-22-25-41-36(26-30)35-17-9-11-19-40(35)45-41)39-24-20-28-12-6-7-15-32(28)42(39)29-13-4-3-5-14-29/h3-27H,1-2H3. The molecule has 1 heterocycles. The van der Waals surface area contributed by atoms with Crippen LogP contribution in [-0.2, 0) is 5.41 Å². The van der Waals surface area contributed by atoms with Gasteiger partial charge in [-0.25, -0.2) is 0 Å². The molecule has 1 aliphatic rings. The van der Waals surface area contributed by atoms with E-state index in [1.54, 1.807) is 0 Å². The topological polar surface area (TPSA) is 3.24 Å². The van der Waals surface area contributed by atoms with Gasteiger partial charge in [0.1, 0.15) is 0 Å². The van der Waals surface area contributed by atoms with Crippen molar-refractivity contribution < 1.29 is 0 Å². The van der Waals surface area contributed by atoms with Gasteiger partial charge in [0.25, 0.3) is 0 Å². The minimum atomic E-state index is -0.0905. The molecule has 0 atom stereocenters. The lowest BCUT2D eigenvalue weighted by molar-refractivity contribution is 0.660. The Labute approximate surface area is 267 Å². The molecule has 0 unspecified atom stereocenters. The van der Waals surface area contributed by atoms with Crippen molar-refractivity contribution in [1.82, 2.24) is 0 Å². The predicted molar refractivity (Wildman–Crippen MR) is 195 cm³/mol. The monoisotopic (exact) mass is 593 g/mol. The zero-order valence-electron chi connectivity index (χ0n) is 25.3. The van der Waals surface area contributed by atoms with Crippen LogP contribution in [0.15, 0.2) is 152 Å². The number of thiophene rings is 1. The van der Waals surface area contributed by atoms with Crippen molar-refractivity contribution in [3.05, 3.63) is 163 Å². The fourth-order valence-electron chi connectivity index (χ4n) is 7.47. The zero-order valence-corrected chi connectivity index (χ0v) is 26.1. The molecular weight excluding hydrogens is 563 g/mol. The van der Waals surface area contributed by atoms with E-state index >= 15 is 0 Å². The average molecular weight is 594 g/mol. The number of benzene rings is 7. The van der Waals surface area contributed by atoms with Gasteiger partial charge in [0.05, 0.1) is 5.69 Å². The normalized spacial score (nSPS) is 13.3. The van der Waals surface area contributed by atoms with E-state index in [0.717, 1.165) is 5.69 Å². The molecule has 1 aliphatic carbocycles. The van der Waals surface area contributed by atoms with E-state index in [1.165, 1.54) is 75.7 Å². The van der Waals surface area contributed by atoms with Crippen molar-refractivity contribution in [3.63, 3.8) is 0 Å². The van der Waals surface area contributed by atoms with Crippen LogP contribution in [0, 0.1) is 0 Å². The van der Waals surface area contributed by atoms with Crippen LogP contribution in [0.3, 0.4) is 0 Å². The summed E-state index contributed by atoms with van der Waals surface area (Å²) in [5, 5.41) is 5.10. The summed E-state index contributed by atoms with van der Waals surface area (Å²) >= 11 is 1.87. The van der Waals surface area contributed by atoms with Gasteiger partial charge in [-0.15, -0.1) is 11.3 Å². The van der Waals surface area contributed by atoms with Crippen LogP contribution in [0.5, 0.6) is 0 Å². The Bertz CT molecular complexity index is 2410. The highest BCUT2D eigenvalue weighted by Gasteiger charge is 2.36. The number of anilines is 3. The maximum Gasteiger partial charge on any atom is 0.0546 e. The Morgan fingerprint density at radius 3 is 2.04 bits per heavy atom. The molecule has 0 aliphatic heterocycles. The second-order valence-corrected chi connectivity index (χ2v) is 13.6. The number of hydrogen-bond donors (Lipinski definition) is 0. The molecule has 0 amide bonds. The molecule has 0 N–H and O–H groups in total. The van der Waals surface area contributed by atoms with Crippen LogP contribution in [0.2, 0.25) is 0 Å². The summed E-state index contributed by atoms with van der Waals surface area (Å²) < 4.78 is 2.64. The Balaban J connectivity index is 1.35. The molecule has 0 saturated heterocycles. The molecule has 0 fully saturated rings. The quantitative estimate of drug-likeness (QED) is 0.196. The van der Waals surface area contributed by atoms with Crippen molar-refractivity contribution in [3.8, 4) is 22.3 Å². The Morgan fingerprint density at radius 1 is 0.489 bits per heavy atom. The second-order valence-electron chi connectivity index (χ2n) is 12.6. The summed E-state index contributed by atoms with van der Waals surface area (Å²) in [7, 11) is 0. The minimum Gasteiger partial charge on any atom is -0.310 e. The van der Waals surface area contributed by atoms with E-state index in [9.17, 15) is 0 Å². The molecule has 2 heteroatoms. The van der Waals surface area contributed by atoms with Gasteiger partial charge in [-0.1, -0.05) is 123 Å². The lowest BCUT2D eigenvalue weighted by atomic mass is 9.82. The van der Waals surface area contributed by atoms with E-state index in [2.05, 4.69) is 170 Å². The van der Waals surface area contributed by atoms with E-state index in [4.69, 9.17) is 0 Å². The second kappa shape index (κ2) is 9.92. The molecule has 0 saturated carbocycles. The Hall–Kier alpha value is -5.18. The van der Waals surface area contributed by atoms with Gasteiger partial charge in [-0.05, 0) is 81.1 Å². The molecule has 0 spiro atoms. The van der Waals surface area contributed by atoms with E-state index < -0.39 is 0 Å². The molecular formula is C43H31NS. The number of nitrogens with zero attached hydrogens (tertiary/aromatic N) is 1. The summed E-state index contributed by atoms with van der Waals surface area (Å²) in [5.74, 6) is 0. The molecule has 214 valence electrons. The van der Waals surface area contributed by atoms with Crippen molar-refractivity contribution in [2.75, 3.05) is 4.90 Å². The minimum absolute atomic E-state index is 0.0905. The van der Waals surface area contributed by atoms with Crippen molar-refractivity contribution in [2.45, 2.75) is 19.3 Å². The van der Waals surface area contributed by atoms with E-state index in [0.29, 0.717) is 0 Å². The summed E-state index contributed by atoms with van der Waals surface area (Å²) in [5.41, 5.74) is 11.3. The fraction of sp³-hybridized carbons (Fsp3) is 0.0698. The first-order valence-corrected chi connectivity index (χ1v) is 16.4. The van der Waals surface area contributed by atoms with Crippen molar-refractivity contribution in [1.29, 1.82) is 0 Å². The van der Waals surface area contributed by atoms with Crippen molar-refractivity contribution in [2.24, 2.45) is 0 Å². The van der Waals surface area contributed by atoms with Crippen molar-refractivity contribution >= 4 is 59.3 Å². The van der Waals surface area contributed by atoms with Crippen LogP contribution in [0.1, 0.15) is 25.0 Å². The third-order valence-electron chi connectivity index (χ3n) is 9.65.